The number of nitrogens with zero attached hydrogens (tertiary/aromatic N) is 5. The largest absolute Gasteiger partial charge is 0.492 e. The van der Waals surface area contributed by atoms with Crippen LogP contribution < -0.4 is 25.4 Å². The molecule has 6 saturated heterocycles. The summed E-state index contributed by atoms with van der Waals surface area (Å²) >= 11 is 0. The molecular formula is C70H101ClN8O9. The number of hydrogen-bond donors (Lipinski definition) is 3. The summed E-state index contributed by atoms with van der Waals surface area (Å²) in [5, 5.41) is 8.21. The Labute approximate surface area is 530 Å². The van der Waals surface area contributed by atoms with Crippen LogP contribution in [0.25, 0.3) is 0 Å². The lowest BCUT2D eigenvalue weighted by molar-refractivity contribution is -0.138. The summed E-state index contributed by atoms with van der Waals surface area (Å²) in [4.78, 5) is 93.6. The van der Waals surface area contributed by atoms with Gasteiger partial charge < -0.3 is 34.3 Å². The monoisotopic (exact) mass is 1230 g/mol. The van der Waals surface area contributed by atoms with Crippen molar-refractivity contribution >= 4 is 54.1 Å². The highest BCUT2D eigenvalue weighted by Gasteiger charge is 2.41. The van der Waals surface area contributed by atoms with Gasteiger partial charge in [0, 0.05) is 62.2 Å². The zero-order valence-electron chi connectivity index (χ0n) is 49.0. The van der Waals surface area contributed by atoms with Crippen LogP contribution in [-0.4, -0.2) is 149 Å². The maximum absolute atomic E-state index is 13.0. The Balaban J connectivity index is 0.000000291. The third-order valence-corrected chi connectivity index (χ3v) is 18.5. The van der Waals surface area contributed by atoms with Crippen molar-refractivity contribution in [1.82, 2.24) is 40.4 Å². The van der Waals surface area contributed by atoms with E-state index >= 15 is 0 Å². The summed E-state index contributed by atoms with van der Waals surface area (Å²) in [5.41, 5.74) is 8.91. The molecule has 18 heteroatoms. The maximum Gasteiger partial charge on any atom is 0.255 e. The summed E-state index contributed by atoms with van der Waals surface area (Å²) in [6.07, 6.45) is 13.9. The van der Waals surface area contributed by atoms with Crippen LogP contribution in [0.2, 0.25) is 0 Å². The molecule has 8 aliphatic rings. The quantitative estimate of drug-likeness (QED) is 0.0754. The number of carbonyl (C=O) groups excluding carboxylic acids is 7. The number of likely N-dealkylation sites (tertiary alicyclic amines) is 3. The predicted molar refractivity (Wildman–Crippen MR) is 350 cm³/mol. The molecule has 0 bridgehead atoms. The average molecular weight is 1230 g/mol. The zero-order valence-corrected chi connectivity index (χ0v) is 49.9. The van der Waals surface area contributed by atoms with Crippen molar-refractivity contribution in [2.24, 2.45) is 0 Å². The molecule has 4 atom stereocenters. The van der Waals surface area contributed by atoms with Crippen LogP contribution in [0.1, 0.15) is 199 Å². The minimum atomic E-state index is -0.602. The molecule has 0 aliphatic carbocycles. The van der Waals surface area contributed by atoms with E-state index in [2.05, 4.69) is 86.1 Å². The van der Waals surface area contributed by atoms with Gasteiger partial charge in [0.15, 0.2) is 0 Å². The van der Waals surface area contributed by atoms with Crippen molar-refractivity contribution in [3.63, 3.8) is 0 Å². The van der Waals surface area contributed by atoms with E-state index in [-0.39, 0.29) is 90.4 Å². The highest BCUT2D eigenvalue weighted by Crippen LogP contribution is 2.36. The van der Waals surface area contributed by atoms with Gasteiger partial charge in [0.05, 0.1) is 0 Å². The number of amides is 6. The molecule has 0 radical (unpaired) electrons. The van der Waals surface area contributed by atoms with Crippen LogP contribution >= 0.6 is 12.4 Å². The van der Waals surface area contributed by atoms with Crippen molar-refractivity contribution in [2.45, 2.75) is 196 Å². The molecule has 0 saturated carbocycles. The molecule has 6 fully saturated rings. The second-order valence-electron chi connectivity index (χ2n) is 23.7. The first-order valence-electron chi connectivity index (χ1n) is 30.8. The van der Waals surface area contributed by atoms with Crippen molar-refractivity contribution in [1.29, 1.82) is 0 Å². The Kier molecular flexibility index (Phi) is 28.3. The molecule has 12 rings (SSSR count). The van der Waals surface area contributed by atoms with Gasteiger partial charge in [-0.1, -0.05) is 98.0 Å². The molecule has 88 heavy (non-hydrogen) atoms. The van der Waals surface area contributed by atoms with Crippen molar-refractivity contribution < 1.29 is 43.0 Å². The average Bonchev–Trinajstić information content (AvgIpc) is 4.18. The van der Waals surface area contributed by atoms with Crippen LogP contribution in [0, 0.1) is 0 Å². The van der Waals surface area contributed by atoms with Gasteiger partial charge in [-0.25, -0.2) is 0 Å². The fourth-order valence-corrected chi connectivity index (χ4v) is 13.9. The van der Waals surface area contributed by atoms with E-state index in [1.165, 1.54) is 93.6 Å². The van der Waals surface area contributed by atoms with Crippen molar-refractivity contribution in [3.8, 4) is 11.5 Å². The van der Waals surface area contributed by atoms with E-state index < -0.39 is 12.1 Å². The molecule has 3 N–H and O–H groups in total. The third-order valence-electron chi connectivity index (χ3n) is 18.5. The summed E-state index contributed by atoms with van der Waals surface area (Å²) in [6.45, 7) is 15.4. The minimum absolute atomic E-state index is 0. The number of halogens is 1. The smallest absolute Gasteiger partial charge is 0.255 e. The zero-order chi connectivity index (χ0) is 57.8. The summed E-state index contributed by atoms with van der Waals surface area (Å²) in [6, 6.07) is 28.8. The fraction of sp³-hybridized carbons (Fsp3) is 0.557. The van der Waals surface area contributed by atoms with Gasteiger partial charge in [-0.05, 0) is 199 Å². The second-order valence-corrected chi connectivity index (χ2v) is 23.7. The van der Waals surface area contributed by atoms with E-state index in [9.17, 15) is 28.8 Å². The molecule has 6 amide bonds. The van der Waals surface area contributed by atoms with Gasteiger partial charge in [0.25, 0.3) is 11.8 Å². The Bertz CT molecular complexity index is 2980. The lowest BCUT2D eigenvalue weighted by atomic mass is 9.86. The van der Waals surface area contributed by atoms with E-state index in [1.807, 2.05) is 36.4 Å². The number of aldehydes is 1. The highest BCUT2D eigenvalue weighted by atomic mass is 35.5. The Hall–Kier alpha value is -6.50. The maximum atomic E-state index is 13.0. The molecule has 8 heterocycles. The van der Waals surface area contributed by atoms with Crippen LogP contribution in [0.4, 0.5) is 0 Å². The first-order valence-corrected chi connectivity index (χ1v) is 30.8. The Morgan fingerprint density at radius 3 is 1.38 bits per heavy atom. The molecule has 0 spiro atoms. The number of benzene rings is 4. The first kappa shape index (κ1) is 72.2. The Morgan fingerprint density at radius 2 is 0.955 bits per heavy atom. The minimum Gasteiger partial charge on any atom is -0.492 e. The molecule has 17 nitrogen and oxygen atoms in total. The normalized spacial score (nSPS) is 22.4. The van der Waals surface area contributed by atoms with Crippen LogP contribution in [0.3, 0.4) is 0 Å². The summed E-state index contributed by atoms with van der Waals surface area (Å²) < 4.78 is 12.7. The molecule has 0 aromatic heterocycles. The summed E-state index contributed by atoms with van der Waals surface area (Å²) in [5.74, 6) is 1.16. The van der Waals surface area contributed by atoms with Gasteiger partial charge in [0.1, 0.15) is 43.1 Å². The molecule has 482 valence electrons. The number of carbonyl (C=O) groups is 7. The second kappa shape index (κ2) is 34.5. The van der Waals surface area contributed by atoms with Gasteiger partial charge in [0.2, 0.25) is 23.6 Å². The number of hydrogen-bond acceptors (Lipinski definition) is 13. The first-order chi connectivity index (χ1) is 40.5. The van der Waals surface area contributed by atoms with Gasteiger partial charge in [-0.3, -0.25) is 49.2 Å². The lowest BCUT2D eigenvalue weighted by Crippen LogP contribution is -2.52. The number of ether oxygens (including phenoxy) is 2. The molecule has 4 aromatic carbocycles. The highest BCUT2D eigenvalue weighted by molar-refractivity contribution is 6.06. The number of nitrogens with one attached hydrogen (secondary N) is 3. The van der Waals surface area contributed by atoms with Gasteiger partial charge >= 0.3 is 0 Å². The van der Waals surface area contributed by atoms with Crippen molar-refractivity contribution in [2.75, 3.05) is 59.0 Å². The lowest BCUT2D eigenvalue weighted by Gasteiger charge is -2.37. The number of piperidine rings is 6. The number of rotatable bonds is 15. The number of fused-ring (bicyclic) bond motifs is 2. The third kappa shape index (κ3) is 17.5. The van der Waals surface area contributed by atoms with Crippen LogP contribution in [0.15, 0.2) is 84.9 Å². The molecular weight excluding hydrogens is 1130 g/mol. The standard InChI is InChI=1S/C33H42N4O4.C31H38N4O4.C2H4O.4CH4.ClH/c1-2-35-17-14-23(15-18-35)28-9-4-3-7-24(28)20-36-16-6-5-8-26(36)22-41-27-10-11-29-25(19-27)21-37(33(29)40)30-12-13-31(38)34-32(30)39;36-29-11-10-28(30(37)33-29)35-19-23-17-25(8-9-27(23)31(35)38)39-20-24-6-3-4-16-34(24)18-22-5-1-2-7-26(22)21-12-14-32-15-13-21;1-2-3;;;;;/h3-4,7,9-11,19,23,26,30H,2,5-6,8,12-18,20-22H2,1H3,(H,34,38,39);1-2,5,7-9,17,21,24,28,32H,3-4,6,10-16,18-20H2,(H,33,36,37);2H,1H3;4*1H4;1H/t26-,30?;24-,28?;;;;;;/m11....../s1. The molecule has 4 aromatic rings. The van der Waals surface area contributed by atoms with Crippen LogP contribution in [0.5, 0.6) is 11.5 Å². The van der Waals surface area contributed by atoms with E-state index in [1.54, 1.807) is 9.80 Å². The van der Waals surface area contributed by atoms with E-state index in [0.29, 0.717) is 74.2 Å². The van der Waals surface area contributed by atoms with E-state index in [4.69, 9.17) is 14.3 Å². The van der Waals surface area contributed by atoms with Gasteiger partial charge in [-0.2, -0.15) is 0 Å². The van der Waals surface area contributed by atoms with Gasteiger partial charge in [-0.15, -0.1) is 12.4 Å². The fourth-order valence-electron chi connectivity index (χ4n) is 13.9. The summed E-state index contributed by atoms with van der Waals surface area (Å²) in [7, 11) is 0. The predicted octanol–water partition coefficient (Wildman–Crippen LogP) is 10.6. The topological polar surface area (TPSA) is 190 Å². The number of imide groups is 2. The van der Waals surface area contributed by atoms with Crippen molar-refractivity contribution in [3.05, 3.63) is 129 Å². The molecule has 8 aliphatic heterocycles. The van der Waals surface area contributed by atoms with E-state index in [0.717, 1.165) is 87.6 Å². The van der Waals surface area contributed by atoms with Crippen LogP contribution in [-0.2, 0) is 50.2 Å². The Morgan fingerprint density at radius 1 is 0.534 bits per heavy atom. The molecule has 2 unspecified atom stereocenters. The SMILES string of the molecule is C.C.C.C.CC=O.CCN1CCC(c2ccccc2CN2CCCC[C@@H]2COc2ccc3c(c2)CN(C2CCC(=O)NC2=O)C3=O)CC1.Cl.O=C1CCC(N2Cc3cc(OC[C@H]4CCCCN4Cc4ccccc4C4CCNCC4)ccc3C2=O)C(=O)N1.